The van der Waals surface area contributed by atoms with E-state index in [0.29, 0.717) is 6.54 Å². The Balaban J connectivity index is -0.0000000800. The molecule has 0 bridgehead atoms. The van der Waals surface area contributed by atoms with E-state index in [1.54, 1.807) is 6.54 Å². The Labute approximate surface area is 58.4 Å². The molecule has 0 unspecified atom stereocenters. The SMILES string of the molecule is N[CH-]CCN.[CH3-].[Zn+2]. The Kier molecular flexibility index (Phi) is 35.8. The molecule has 0 fully saturated rings. The van der Waals surface area contributed by atoms with Crippen LogP contribution in [0.1, 0.15) is 6.42 Å². The maximum absolute atomic E-state index is 5.03. The fraction of sp³-hybridized carbons (Fsp3) is 0.500. The van der Waals surface area contributed by atoms with Crippen molar-refractivity contribution >= 4 is 0 Å². The topological polar surface area (TPSA) is 52.0 Å². The summed E-state index contributed by atoms with van der Waals surface area (Å²) in [6, 6.07) is 0. The van der Waals surface area contributed by atoms with Crippen LogP contribution in [0.2, 0.25) is 0 Å². The fourth-order valence-electron chi connectivity index (χ4n) is 0.0962. The van der Waals surface area contributed by atoms with Gasteiger partial charge >= 0.3 is 19.5 Å². The number of nitrogens with two attached hydrogens (primary N) is 2. The minimum atomic E-state index is 0. The van der Waals surface area contributed by atoms with E-state index in [0.717, 1.165) is 6.42 Å². The van der Waals surface area contributed by atoms with Crippen LogP contribution in [0.4, 0.5) is 0 Å². The first-order valence-electron chi connectivity index (χ1n) is 1.65. The van der Waals surface area contributed by atoms with Crippen LogP contribution < -0.4 is 11.5 Å². The molecule has 0 aromatic carbocycles. The monoisotopic (exact) mass is 152 g/mol. The van der Waals surface area contributed by atoms with Gasteiger partial charge in [-0.15, -0.1) is 0 Å². The van der Waals surface area contributed by atoms with E-state index in [2.05, 4.69) is 0 Å². The fourth-order valence-corrected chi connectivity index (χ4v) is 0.0962. The van der Waals surface area contributed by atoms with Crippen LogP contribution in [0.3, 0.4) is 0 Å². The third-order valence-corrected chi connectivity index (χ3v) is 0.333. The average molecular weight is 154 g/mol. The van der Waals surface area contributed by atoms with Crippen LogP contribution in [0.25, 0.3) is 0 Å². The quantitative estimate of drug-likeness (QED) is 0.430. The first-order chi connectivity index (χ1) is 2.41. The van der Waals surface area contributed by atoms with Gasteiger partial charge in [0, 0.05) is 0 Å². The standard InChI is InChI=1S/C3H9N2.CH3.Zn/c4-2-1-3-5;;/h2H,1,3-5H2;1H3;/q2*-1;+2. The Hall–Kier alpha value is 0.543. The van der Waals surface area contributed by atoms with E-state index in [1.165, 1.54) is 0 Å². The van der Waals surface area contributed by atoms with E-state index in [-0.39, 0.29) is 26.9 Å². The van der Waals surface area contributed by atoms with Gasteiger partial charge in [-0.25, -0.2) is 0 Å². The zero-order valence-electron chi connectivity index (χ0n) is 4.85. The molecule has 0 spiro atoms. The van der Waals surface area contributed by atoms with Crippen molar-refractivity contribution in [2.24, 2.45) is 11.5 Å². The molecule has 0 aliphatic carbocycles. The minimum Gasteiger partial charge on any atom is -0.483 e. The van der Waals surface area contributed by atoms with Crippen LogP contribution in [-0.4, -0.2) is 6.54 Å². The van der Waals surface area contributed by atoms with E-state index in [9.17, 15) is 0 Å². The smallest absolute Gasteiger partial charge is 0.483 e. The van der Waals surface area contributed by atoms with Gasteiger partial charge in [0.25, 0.3) is 0 Å². The molecule has 40 valence electrons. The Morgan fingerprint density at radius 1 is 1.43 bits per heavy atom. The molecular formula is C4H12N2Zn. The van der Waals surface area contributed by atoms with Crippen LogP contribution in [0.5, 0.6) is 0 Å². The summed E-state index contributed by atoms with van der Waals surface area (Å²) in [6.07, 6.45) is 0.819. The first-order valence-corrected chi connectivity index (χ1v) is 1.65. The van der Waals surface area contributed by atoms with Gasteiger partial charge in [0.1, 0.15) is 0 Å². The molecule has 0 amide bonds. The number of rotatable bonds is 2. The molecule has 0 rings (SSSR count). The second-order valence-corrected chi connectivity index (χ2v) is 0.813. The summed E-state index contributed by atoms with van der Waals surface area (Å²) < 4.78 is 0. The molecule has 0 aliphatic rings. The summed E-state index contributed by atoms with van der Waals surface area (Å²) in [5.74, 6) is 0. The number of hydrogen-bond acceptors (Lipinski definition) is 2. The molecule has 2 nitrogen and oxygen atoms in total. The van der Waals surface area contributed by atoms with Crippen molar-refractivity contribution in [2.45, 2.75) is 6.42 Å². The molecular weight excluding hydrogens is 141 g/mol. The minimum absolute atomic E-state index is 0. The van der Waals surface area contributed by atoms with Crippen molar-refractivity contribution in [3.05, 3.63) is 14.0 Å². The van der Waals surface area contributed by atoms with E-state index in [1.807, 2.05) is 0 Å². The second-order valence-electron chi connectivity index (χ2n) is 0.813. The summed E-state index contributed by atoms with van der Waals surface area (Å²) >= 11 is 0. The third-order valence-electron chi connectivity index (χ3n) is 0.333. The molecule has 0 radical (unpaired) electrons. The Morgan fingerprint density at radius 3 is 1.86 bits per heavy atom. The normalized spacial score (nSPS) is 6.00. The molecule has 0 aromatic rings. The van der Waals surface area contributed by atoms with Gasteiger partial charge in [-0.05, 0) is 6.54 Å². The van der Waals surface area contributed by atoms with Gasteiger partial charge < -0.3 is 18.9 Å². The van der Waals surface area contributed by atoms with Gasteiger partial charge in [0.2, 0.25) is 0 Å². The van der Waals surface area contributed by atoms with Crippen molar-refractivity contribution in [3.63, 3.8) is 0 Å². The second kappa shape index (κ2) is 16.0. The molecule has 0 aliphatic heterocycles. The van der Waals surface area contributed by atoms with Crippen LogP contribution >= 0.6 is 0 Å². The summed E-state index contributed by atoms with van der Waals surface area (Å²) in [4.78, 5) is 0. The maximum Gasteiger partial charge on any atom is 2.00 e. The molecule has 7 heavy (non-hydrogen) atoms. The zero-order valence-corrected chi connectivity index (χ0v) is 7.82. The Morgan fingerprint density at radius 2 is 1.86 bits per heavy atom. The van der Waals surface area contributed by atoms with Gasteiger partial charge in [0.15, 0.2) is 0 Å². The van der Waals surface area contributed by atoms with Crippen molar-refractivity contribution in [2.75, 3.05) is 6.54 Å². The molecule has 0 aromatic heterocycles. The van der Waals surface area contributed by atoms with Crippen LogP contribution in [-0.2, 0) is 19.5 Å². The Bertz CT molecular complexity index is 17.2. The third kappa shape index (κ3) is 20.9. The molecule has 4 N–H and O–H groups in total. The summed E-state index contributed by atoms with van der Waals surface area (Å²) in [6.45, 7) is 2.22. The molecule has 0 saturated carbocycles. The number of hydrogen-bond donors (Lipinski definition) is 2. The van der Waals surface area contributed by atoms with E-state index in [4.69, 9.17) is 11.5 Å². The predicted octanol–water partition coefficient (Wildman–Crippen LogP) is -0.0965. The van der Waals surface area contributed by atoms with E-state index < -0.39 is 0 Å². The largest absolute Gasteiger partial charge is 2.00 e. The summed E-state index contributed by atoms with van der Waals surface area (Å²) in [7, 11) is 0. The van der Waals surface area contributed by atoms with Crippen molar-refractivity contribution in [1.82, 2.24) is 0 Å². The van der Waals surface area contributed by atoms with Gasteiger partial charge in [-0.1, -0.05) is 0 Å². The summed E-state index contributed by atoms with van der Waals surface area (Å²) in [5.41, 5.74) is 9.96. The maximum atomic E-state index is 5.03. The average Bonchev–Trinajstić information content (AvgIpc) is 1.41. The van der Waals surface area contributed by atoms with Crippen molar-refractivity contribution in [3.8, 4) is 0 Å². The van der Waals surface area contributed by atoms with Crippen molar-refractivity contribution < 1.29 is 19.5 Å². The van der Waals surface area contributed by atoms with Gasteiger partial charge in [-0.3, -0.25) is 6.54 Å². The van der Waals surface area contributed by atoms with Gasteiger partial charge in [0.05, 0.1) is 0 Å². The van der Waals surface area contributed by atoms with E-state index >= 15 is 0 Å². The van der Waals surface area contributed by atoms with Crippen LogP contribution in [0, 0.1) is 14.0 Å². The van der Waals surface area contributed by atoms with Crippen LogP contribution in [0.15, 0.2) is 0 Å². The molecule has 0 heterocycles. The molecule has 0 atom stereocenters. The predicted molar refractivity (Wildman–Crippen MR) is 28.6 cm³/mol. The first kappa shape index (κ1) is 15.6. The summed E-state index contributed by atoms with van der Waals surface area (Å²) in [5, 5.41) is 0. The molecule has 3 heteroatoms. The molecule has 0 saturated heterocycles. The van der Waals surface area contributed by atoms with Gasteiger partial charge in [-0.2, -0.15) is 6.42 Å². The van der Waals surface area contributed by atoms with Crippen molar-refractivity contribution in [1.29, 1.82) is 0 Å². The zero-order chi connectivity index (χ0) is 4.12.